The number of hydrogen-bond donors (Lipinski definition) is 0. The highest BCUT2D eigenvalue weighted by Crippen LogP contribution is 2.36. The summed E-state index contributed by atoms with van der Waals surface area (Å²) in [4.78, 5) is 4.96. The molecule has 4 nitrogen and oxygen atoms in total. The first-order valence-electron chi connectivity index (χ1n) is 9.77. The van der Waals surface area contributed by atoms with E-state index < -0.39 is 0 Å². The maximum Gasteiger partial charge on any atom is 0.220 e. The summed E-state index contributed by atoms with van der Waals surface area (Å²) in [5, 5.41) is 2.90. The van der Waals surface area contributed by atoms with Crippen molar-refractivity contribution in [2.24, 2.45) is 0 Å². The number of rotatable bonds is 1. The number of hydrogen-bond acceptors (Lipinski definition) is 2. The maximum absolute atomic E-state index is 6.32. The largest absolute Gasteiger partial charge is 0.454 e. The van der Waals surface area contributed by atoms with Crippen LogP contribution in [0.1, 0.15) is 0 Å². The van der Waals surface area contributed by atoms with Gasteiger partial charge in [0.15, 0.2) is 5.58 Å². The molecule has 7 aromatic rings. The third-order valence-electron chi connectivity index (χ3n) is 5.79. The van der Waals surface area contributed by atoms with Crippen LogP contribution in [0.15, 0.2) is 89.3 Å². The minimum Gasteiger partial charge on any atom is -0.454 e. The maximum atomic E-state index is 6.32. The van der Waals surface area contributed by atoms with Crippen molar-refractivity contribution < 1.29 is 4.42 Å². The van der Waals surface area contributed by atoms with E-state index in [1.807, 2.05) is 48.5 Å². The summed E-state index contributed by atoms with van der Waals surface area (Å²) >= 11 is 6.31. The predicted molar refractivity (Wildman–Crippen MR) is 122 cm³/mol. The van der Waals surface area contributed by atoms with E-state index in [0.717, 1.165) is 55.5 Å². The number of furan rings is 1. The first-order chi connectivity index (χ1) is 14.8. The summed E-state index contributed by atoms with van der Waals surface area (Å²) < 4.78 is 10.7. The molecule has 30 heavy (non-hydrogen) atoms. The lowest BCUT2D eigenvalue weighted by Crippen LogP contribution is -1.95. The summed E-state index contributed by atoms with van der Waals surface area (Å²) in [6, 6.07) is 28.5. The normalized spacial score (nSPS) is 12.2. The zero-order valence-corrected chi connectivity index (χ0v) is 16.5. The molecule has 4 aromatic carbocycles. The fourth-order valence-electron chi connectivity index (χ4n) is 4.52. The third kappa shape index (κ3) is 1.98. The number of aromatic nitrogens is 3. The summed E-state index contributed by atoms with van der Waals surface area (Å²) in [5.74, 6) is 0.835. The molecular weight excluding hydrogens is 394 g/mol. The van der Waals surface area contributed by atoms with Gasteiger partial charge in [0, 0.05) is 15.8 Å². The number of imidazole rings is 2. The SMILES string of the molecule is Clc1ccc2nc3n(-c4cccc5c4oc4ccccc45)c4ccccc4n3c2c1. The van der Waals surface area contributed by atoms with Crippen LogP contribution in [0.5, 0.6) is 0 Å². The van der Waals surface area contributed by atoms with Gasteiger partial charge >= 0.3 is 0 Å². The lowest BCUT2D eigenvalue weighted by atomic mass is 10.1. The highest BCUT2D eigenvalue weighted by atomic mass is 35.5. The van der Waals surface area contributed by atoms with Crippen LogP contribution in [0.25, 0.3) is 55.5 Å². The standard InChI is InChI=1S/C25H14ClN3O/c26-15-12-13-18-22(14-15)29-20-9-3-2-8-19(20)28(25(29)27-18)21-10-5-7-17-16-6-1-4-11-23(16)30-24(17)21/h1-14H. The van der Waals surface area contributed by atoms with Crippen molar-refractivity contribution in [2.75, 3.05) is 0 Å². The van der Waals surface area contributed by atoms with Gasteiger partial charge in [-0.25, -0.2) is 4.98 Å². The van der Waals surface area contributed by atoms with Crippen molar-refractivity contribution in [1.82, 2.24) is 14.0 Å². The Labute approximate surface area is 175 Å². The molecule has 0 aliphatic rings. The van der Waals surface area contributed by atoms with E-state index in [0.29, 0.717) is 5.02 Å². The van der Waals surface area contributed by atoms with Gasteiger partial charge in [-0.15, -0.1) is 0 Å². The van der Waals surface area contributed by atoms with Crippen molar-refractivity contribution >= 4 is 61.4 Å². The minimum atomic E-state index is 0.695. The Balaban J connectivity index is 1.71. The van der Waals surface area contributed by atoms with Gasteiger partial charge < -0.3 is 4.42 Å². The highest BCUT2D eigenvalue weighted by molar-refractivity contribution is 6.31. The number of para-hydroxylation sites is 4. The average Bonchev–Trinajstić information content (AvgIpc) is 3.42. The molecule has 0 amide bonds. The van der Waals surface area contributed by atoms with Gasteiger partial charge in [0.05, 0.1) is 27.8 Å². The van der Waals surface area contributed by atoms with Gasteiger partial charge in [-0.2, -0.15) is 0 Å². The third-order valence-corrected chi connectivity index (χ3v) is 6.02. The molecule has 0 aliphatic heterocycles. The Bertz CT molecular complexity index is 1770. The van der Waals surface area contributed by atoms with E-state index >= 15 is 0 Å². The topological polar surface area (TPSA) is 35.4 Å². The van der Waals surface area contributed by atoms with E-state index in [1.54, 1.807) is 0 Å². The molecule has 0 fully saturated rings. The van der Waals surface area contributed by atoms with Gasteiger partial charge in [0.1, 0.15) is 5.58 Å². The molecule has 0 aliphatic carbocycles. The van der Waals surface area contributed by atoms with Crippen molar-refractivity contribution in [1.29, 1.82) is 0 Å². The van der Waals surface area contributed by atoms with Crippen LogP contribution in [0.3, 0.4) is 0 Å². The second-order valence-corrected chi connectivity index (χ2v) is 7.89. The molecule has 0 radical (unpaired) electrons. The molecule has 3 heterocycles. The van der Waals surface area contributed by atoms with Gasteiger partial charge in [0.2, 0.25) is 5.78 Å². The van der Waals surface area contributed by atoms with Crippen molar-refractivity contribution in [3.63, 3.8) is 0 Å². The number of fused-ring (bicyclic) bond motifs is 8. The van der Waals surface area contributed by atoms with Crippen molar-refractivity contribution in [3.05, 3.63) is 90.0 Å². The molecule has 0 unspecified atom stereocenters. The summed E-state index contributed by atoms with van der Waals surface area (Å²) in [6.07, 6.45) is 0. The highest BCUT2D eigenvalue weighted by Gasteiger charge is 2.20. The number of halogens is 1. The molecule has 0 saturated heterocycles. The van der Waals surface area contributed by atoms with E-state index in [2.05, 4.69) is 45.4 Å². The molecule has 0 atom stereocenters. The van der Waals surface area contributed by atoms with Crippen molar-refractivity contribution in [2.45, 2.75) is 0 Å². The smallest absolute Gasteiger partial charge is 0.220 e. The molecule has 0 spiro atoms. The van der Waals surface area contributed by atoms with Crippen LogP contribution in [0.4, 0.5) is 0 Å². The monoisotopic (exact) mass is 407 g/mol. The number of benzene rings is 4. The summed E-state index contributed by atoms with van der Waals surface area (Å²) in [7, 11) is 0. The van der Waals surface area contributed by atoms with Crippen LogP contribution in [-0.4, -0.2) is 14.0 Å². The van der Waals surface area contributed by atoms with Gasteiger partial charge in [-0.3, -0.25) is 8.97 Å². The molecule has 0 N–H and O–H groups in total. The lowest BCUT2D eigenvalue weighted by molar-refractivity contribution is 0.666. The summed E-state index contributed by atoms with van der Waals surface area (Å²) in [5.41, 5.74) is 6.74. The van der Waals surface area contributed by atoms with E-state index in [4.69, 9.17) is 21.0 Å². The summed E-state index contributed by atoms with van der Waals surface area (Å²) in [6.45, 7) is 0. The predicted octanol–water partition coefficient (Wildman–Crippen LogP) is 6.98. The molecule has 142 valence electrons. The Morgan fingerprint density at radius 2 is 1.53 bits per heavy atom. The zero-order chi connectivity index (χ0) is 19.8. The zero-order valence-electron chi connectivity index (χ0n) is 15.7. The van der Waals surface area contributed by atoms with Crippen LogP contribution < -0.4 is 0 Å². The number of nitrogens with zero attached hydrogens (tertiary/aromatic N) is 3. The Kier molecular flexibility index (Phi) is 3.03. The molecule has 5 heteroatoms. The first kappa shape index (κ1) is 16.1. The molecule has 0 bridgehead atoms. The van der Waals surface area contributed by atoms with Gasteiger partial charge in [0.25, 0.3) is 0 Å². The second kappa shape index (κ2) is 5.65. The average molecular weight is 408 g/mol. The Morgan fingerprint density at radius 3 is 2.47 bits per heavy atom. The van der Waals surface area contributed by atoms with Crippen LogP contribution >= 0.6 is 11.6 Å². The Morgan fingerprint density at radius 1 is 0.733 bits per heavy atom. The fraction of sp³-hybridized carbons (Fsp3) is 0. The van der Waals surface area contributed by atoms with Gasteiger partial charge in [-0.05, 0) is 42.5 Å². The van der Waals surface area contributed by atoms with Crippen molar-refractivity contribution in [3.8, 4) is 5.69 Å². The first-order valence-corrected chi connectivity index (χ1v) is 10.2. The van der Waals surface area contributed by atoms with Crippen LogP contribution in [0.2, 0.25) is 5.02 Å². The van der Waals surface area contributed by atoms with E-state index in [9.17, 15) is 0 Å². The fourth-order valence-corrected chi connectivity index (χ4v) is 4.69. The van der Waals surface area contributed by atoms with E-state index in [1.165, 1.54) is 0 Å². The minimum absolute atomic E-state index is 0.695. The quantitative estimate of drug-likeness (QED) is 0.294. The van der Waals surface area contributed by atoms with Crippen LogP contribution in [0, 0.1) is 0 Å². The second-order valence-electron chi connectivity index (χ2n) is 7.46. The van der Waals surface area contributed by atoms with Gasteiger partial charge in [-0.1, -0.05) is 54.1 Å². The lowest BCUT2D eigenvalue weighted by Gasteiger charge is -2.05. The molecular formula is C25H14ClN3O. The molecule has 0 saturated carbocycles. The van der Waals surface area contributed by atoms with Crippen LogP contribution in [-0.2, 0) is 0 Å². The van der Waals surface area contributed by atoms with E-state index in [-0.39, 0.29) is 0 Å². The molecule has 7 rings (SSSR count). The molecule has 3 aromatic heterocycles. The Hall–Kier alpha value is -3.76.